The Morgan fingerprint density at radius 3 is 2.09 bits per heavy atom. The van der Waals surface area contributed by atoms with E-state index < -0.39 is 34.8 Å². The highest BCUT2D eigenvalue weighted by molar-refractivity contribution is 6.29. The zero-order valence-corrected chi connectivity index (χ0v) is 25.1. The number of urea groups is 2. The Morgan fingerprint density at radius 1 is 0.907 bits per heavy atom. The SMILES string of the molecule is CCOC(=O)C1(CN2C(=O)N(C)C(=O)C23CC2(CCC(N4C(=O)C(=C(N)N)C(=O)N(CC5CCCC5)C4=O)CC2)C3)CC1. The molecule has 0 aromatic heterocycles. The smallest absolute Gasteiger partial charge is 0.334 e. The monoisotopic (exact) mass is 598 g/mol. The number of nitrogens with two attached hydrogens (primary N) is 2. The van der Waals surface area contributed by atoms with Crippen molar-refractivity contribution in [3.8, 4) is 0 Å². The highest BCUT2D eigenvalue weighted by Crippen LogP contribution is 2.62. The van der Waals surface area contributed by atoms with Crippen molar-refractivity contribution in [2.24, 2.45) is 28.2 Å². The number of nitrogens with zero attached hydrogens (tertiary/aromatic N) is 4. The second kappa shape index (κ2) is 10.2. The van der Waals surface area contributed by atoms with Crippen molar-refractivity contribution in [1.82, 2.24) is 19.6 Å². The first-order valence-electron chi connectivity index (χ1n) is 15.6. The third-order valence-corrected chi connectivity index (χ3v) is 11.0. The summed E-state index contributed by atoms with van der Waals surface area (Å²) in [7, 11) is 1.48. The van der Waals surface area contributed by atoms with Gasteiger partial charge in [-0.15, -0.1) is 0 Å². The first-order chi connectivity index (χ1) is 20.4. The first kappa shape index (κ1) is 29.4. The molecular weight excluding hydrogens is 556 g/mol. The van der Waals surface area contributed by atoms with Gasteiger partial charge in [0.1, 0.15) is 16.9 Å². The van der Waals surface area contributed by atoms with E-state index in [1.807, 2.05) is 0 Å². The average Bonchev–Trinajstić information content (AvgIpc) is 3.51. The van der Waals surface area contributed by atoms with Crippen LogP contribution in [0.2, 0.25) is 0 Å². The maximum atomic E-state index is 13.6. The van der Waals surface area contributed by atoms with Gasteiger partial charge in [0.25, 0.3) is 17.7 Å². The van der Waals surface area contributed by atoms with E-state index in [1.54, 1.807) is 11.8 Å². The average molecular weight is 599 g/mol. The van der Waals surface area contributed by atoms with Gasteiger partial charge in [0, 0.05) is 26.2 Å². The van der Waals surface area contributed by atoms with Crippen molar-refractivity contribution in [3.63, 3.8) is 0 Å². The third kappa shape index (κ3) is 4.48. The minimum absolute atomic E-state index is 0.163. The number of likely N-dealkylation sites (N-methyl/N-ethyl adjacent to an activating group) is 1. The number of barbiturate groups is 1. The van der Waals surface area contributed by atoms with E-state index in [4.69, 9.17) is 16.2 Å². The number of hydrogen-bond acceptors (Lipinski definition) is 9. The van der Waals surface area contributed by atoms with Gasteiger partial charge >= 0.3 is 18.0 Å². The second-order valence-corrected chi connectivity index (χ2v) is 13.7. The molecule has 4 saturated carbocycles. The van der Waals surface area contributed by atoms with Gasteiger partial charge in [-0.2, -0.15) is 0 Å². The Hall–Kier alpha value is -3.64. The van der Waals surface area contributed by atoms with Gasteiger partial charge in [-0.3, -0.25) is 33.9 Å². The van der Waals surface area contributed by atoms with E-state index in [9.17, 15) is 28.8 Å². The number of ether oxygens (including phenoxy) is 1. The molecule has 6 rings (SSSR count). The molecule has 0 aromatic rings. The van der Waals surface area contributed by atoms with Gasteiger partial charge in [-0.1, -0.05) is 12.8 Å². The van der Waals surface area contributed by atoms with Gasteiger partial charge in [0.2, 0.25) is 0 Å². The highest BCUT2D eigenvalue weighted by Gasteiger charge is 2.70. The number of carbonyl (C=O) groups is 6. The van der Waals surface area contributed by atoms with E-state index in [-0.39, 0.29) is 60.3 Å². The summed E-state index contributed by atoms with van der Waals surface area (Å²) < 4.78 is 5.28. The lowest BCUT2D eigenvalue weighted by atomic mass is 9.51. The number of hydrogen-bond donors (Lipinski definition) is 2. The van der Waals surface area contributed by atoms with Crippen LogP contribution >= 0.6 is 0 Å². The maximum Gasteiger partial charge on any atom is 0.334 e. The van der Waals surface area contributed by atoms with Gasteiger partial charge in [-0.25, -0.2) is 9.59 Å². The fourth-order valence-corrected chi connectivity index (χ4v) is 8.45. The summed E-state index contributed by atoms with van der Waals surface area (Å²) >= 11 is 0. The zero-order valence-electron chi connectivity index (χ0n) is 25.1. The summed E-state index contributed by atoms with van der Waals surface area (Å²) in [4.78, 5) is 84.6. The molecular formula is C30H42N6O7. The Bertz CT molecular complexity index is 1300. The normalized spacial score (nSPS) is 32.4. The predicted molar refractivity (Wildman–Crippen MR) is 151 cm³/mol. The van der Waals surface area contributed by atoms with Gasteiger partial charge in [0.15, 0.2) is 0 Å². The van der Waals surface area contributed by atoms with Crippen LogP contribution in [0.1, 0.15) is 84.0 Å². The minimum Gasteiger partial charge on any atom is -0.466 e. The summed E-state index contributed by atoms with van der Waals surface area (Å²) in [5, 5.41) is 0. The molecule has 234 valence electrons. The quantitative estimate of drug-likeness (QED) is 0.191. The molecule has 6 aliphatic rings. The molecule has 2 saturated heterocycles. The molecule has 2 heterocycles. The van der Waals surface area contributed by atoms with E-state index in [1.165, 1.54) is 11.9 Å². The van der Waals surface area contributed by atoms with Gasteiger partial charge in [0.05, 0.1) is 12.0 Å². The standard InChI is InChI=1S/C30H42N6O7/c1-3-43-25(40)29(12-13-29)17-35-26(41)33(2)24(39)30(35)15-28(16-30)10-8-19(9-11-28)36-23(38)20(21(31)32)22(37)34(27(36)42)14-18-6-4-5-7-18/h18-19H,3-17,31-32H2,1-2H3. The molecule has 2 aliphatic heterocycles. The first-order valence-corrected chi connectivity index (χ1v) is 15.6. The summed E-state index contributed by atoms with van der Waals surface area (Å²) in [5.41, 5.74) is 9.24. The molecule has 0 aromatic carbocycles. The van der Waals surface area contributed by atoms with Crippen LogP contribution in [0.3, 0.4) is 0 Å². The summed E-state index contributed by atoms with van der Waals surface area (Å²) in [6.07, 6.45) is 8.41. The fraction of sp³-hybridized carbons (Fsp3) is 0.733. The van der Waals surface area contributed by atoms with Crippen LogP contribution in [0.15, 0.2) is 11.4 Å². The van der Waals surface area contributed by atoms with Crippen LogP contribution < -0.4 is 11.5 Å². The lowest BCUT2D eigenvalue weighted by Gasteiger charge is -2.59. The lowest BCUT2D eigenvalue weighted by molar-refractivity contribution is -0.157. The maximum absolute atomic E-state index is 13.6. The van der Waals surface area contributed by atoms with E-state index >= 15 is 0 Å². The van der Waals surface area contributed by atoms with Crippen molar-refractivity contribution < 1.29 is 33.5 Å². The van der Waals surface area contributed by atoms with Gasteiger partial charge < -0.3 is 21.1 Å². The second-order valence-electron chi connectivity index (χ2n) is 13.7. The molecule has 0 atom stereocenters. The molecule has 0 radical (unpaired) electrons. The summed E-state index contributed by atoms with van der Waals surface area (Å²) in [5.74, 6) is -2.24. The van der Waals surface area contributed by atoms with Crippen LogP contribution in [-0.2, 0) is 23.9 Å². The Morgan fingerprint density at radius 2 is 1.53 bits per heavy atom. The van der Waals surface area contributed by atoms with Crippen molar-refractivity contribution in [2.45, 2.75) is 95.6 Å². The van der Waals surface area contributed by atoms with E-state index in [0.717, 1.165) is 35.5 Å². The number of esters is 1. The van der Waals surface area contributed by atoms with Crippen LogP contribution in [0, 0.1) is 16.7 Å². The van der Waals surface area contributed by atoms with Gasteiger partial charge in [-0.05, 0) is 82.5 Å². The Labute approximate surface area is 250 Å². The molecule has 0 unspecified atom stereocenters. The van der Waals surface area contributed by atoms with Crippen molar-refractivity contribution in [1.29, 1.82) is 0 Å². The fourth-order valence-electron chi connectivity index (χ4n) is 8.45. The number of amides is 7. The van der Waals surface area contributed by atoms with Crippen LogP contribution in [0.5, 0.6) is 0 Å². The van der Waals surface area contributed by atoms with Crippen molar-refractivity contribution in [2.75, 3.05) is 26.7 Å². The molecule has 43 heavy (non-hydrogen) atoms. The van der Waals surface area contributed by atoms with Crippen molar-refractivity contribution in [3.05, 3.63) is 11.4 Å². The molecule has 4 N–H and O–H groups in total. The van der Waals surface area contributed by atoms with E-state index in [0.29, 0.717) is 51.4 Å². The van der Waals surface area contributed by atoms with Crippen LogP contribution in [0.4, 0.5) is 9.59 Å². The largest absolute Gasteiger partial charge is 0.466 e. The summed E-state index contributed by atoms with van der Waals surface area (Å²) in [6, 6.07) is -1.44. The highest BCUT2D eigenvalue weighted by atomic mass is 16.5. The Kier molecular flexibility index (Phi) is 7.00. The predicted octanol–water partition coefficient (Wildman–Crippen LogP) is 1.80. The molecule has 13 nitrogen and oxygen atoms in total. The number of rotatable bonds is 7. The van der Waals surface area contributed by atoms with E-state index in [2.05, 4.69) is 0 Å². The lowest BCUT2D eigenvalue weighted by Crippen LogP contribution is -2.66. The van der Waals surface area contributed by atoms with Crippen LogP contribution in [-0.4, -0.2) is 93.7 Å². The third-order valence-electron chi connectivity index (χ3n) is 11.0. The molecule has 6 fully saturated rings. The molecule has 7 amide bonds. The zero-order chi connectivity index (χ0) is 30.9. The molecule has 2 spiro atoms. The molecule has 0 bridgehead atoms. The summed E-state index contributed by atoms with van der Waals surface area (Å²) in [6.45, 7) is 2.41. The minimum atomic E-state index is -0.994. The number of carbonyl (C=O) groups excluding carboxylic acids is 6. The van der Waals surface area contributed by atoms with Crippen molar-refractivity contribution >= 4 is 35.8 Å². The topological polar surface area (TPSA) is 177 Å². The molecule has 13 heteroatoms. The molecule has 4 aliphatic carbocycles. The Balaban J connectivity index is 1.17. The van der Waals surface area contributed by atoms with Crippen LogP contribution in [0.25, 0.3) is 0 Å². The number of imide groups is 3.